The SMILES string of the molecule is O=C(NCC1CCCC(O)C1)C1CCCS1. The van der Waals surface area contributed by atoms with Gasteiger partial charge in [0, 0.05) is 6.54 Å². The average molecular weight is 243 g/mol. The molecule has 2 aliphatic rings. The first kappa shape index (κ1) is 12.2. The number of thioether (sulfide) groups is 1. The second-order valence-electron chi connectivity index (χ2n) is 4.93. The van der Waals surface area contributed by atoms with Crippen LogP contribution in [0.3, 0.4) is 0 Å². The molecule has 0 bridgehead atoms. The Balaban J connectivity index is 1.67. The van der Waals surface area contributed by atoms with E-state index in [4.69, 9.17) is 0 Å². The first-order valence-electron chi connectivity index (χ1n) is 6.33. The fourth-order valence-corrected chi connectivity index (χ4v) is 3.78. The summed E-state index contributed by atoms with van der Waals surface area (Å²) in [6.45, 7) is 0.757. The van der Waals surface area contributed by atoms with Crippen molar-refractivity contribution in [3.8, 4) is 0 Å². The lowest BCUT2D eigenvalue weighted by molar-refractivity contribution is -0.120. The van der Waals surface area contributed by atoms with Crippen molar-refractivity contribution in [3.05, 3.63) is 0 Å². The van der Waals surface area contributed by atoms with E-state index in [-0.39, 0.29) is 17.3 Å². The molecule has 1 aliphatic carbocycles. The van der Waals surface area contributed by atoms with Crippen molar-refractivity contribution < 1.29 is 9.90 Å². The number of rotatable bonds is 3. The Kier molecular flexibility index (Phi) is 4.53. The van der Waals surface area contributed by atoms with E-state index in [0.717, 1.165) is 44.4 Å². The van der Waals surface area contributed by atoms with Crippen molar-refractivity contribution in [1.29, 1.82) is 0 Å². The second-order valence-corrected chi connectivity index (χ2v) is 6.24. The molecule has 2 fully saturated rings. The summed E-state index contributed by atoms with van der Waals surface area (Å²) in [4.78, 5) is 11.8. The summed E-state index contributed by atoms with van der Waals surface area (Å²) >= 11 is 1.78. The normalized spacial score (nSPS) is 34.9. The second kappa shape index (κ2) is 5.92. The molecule has 3 nitrogen and oxygen atoms in total. The Labute approximate surface area is 101 Å². The van der Waals surface area contributed by atoms with E-state index < -0.39 is 0 Å². The van der Waals surface area contributed by atoms with E-state index in [2.05, 4.69) is 5.32 Å². The number of carbonyl (C=O) groups excluding carboxylic acids is 1. The molecule has 4 heteroatoms. The van der Waals surface area contributed by atoms with E-state index in [1.807, 2.05) is 0 Å². The van der Waals surface area contributed by atoms with Gasteiger partial charge in [0.1, 0.15) is 0 Å². The third-order valence-corrected chi connectivity index (χ3v) is 4.92. The largest absolute Gasteiger partial charge is 0.393 e. The molecule has 0 radical (unpaired) electrons. The molecule has 1 heterocycles. The van der Waals surface area contributed by atoms with Gasteiger partial charge in [-0.1, -0.05) is 6.42 Å². The fraction of sp³-hybridized carbons (Fsp3) is 0.917. The maximum atomic E-state index is 11.8. The molecule has 1 saturated heterocycles. The summed E-state index contributed by atoms with van der Waals surface area (Å²) in [5.74, 6) is 1.82. The summed E-state index contributed by atoms with van der Waals surface area (Å²) in [5.41, 5.74) is 0. The maximum Gasteiger partial charge on any atom is 0.233 e. The molecule has 0 spiro atoms. The van der Waals surface area contributed by atoms with Crippen LogP contribution in [0.5, 0.6) is 0 Å². The fourth-order valence-electron chi connectivity index (χ4n) is 2.59. The van der Waals surface area contributed by atoms with E-state index in [1.165, 1.54) is 6.42 Å². The number of hydrogen-bond acceptors (Lipinski definition) is 3. The molecule has 16 heavy (non-hydrogen) atoms. The number of aliphatic hydroxyl groups excluding tert-OH is 1. The zero-order chi connectivity index (χ0) is 11.4. The third-order valence-electron chi connectivity index (χ3n) is 3.54. The van der Waals surface area contributed by atoms with Crippen LogP contribution in [0.2, 0.25) is 0 Å². The van der Waals surface area contributed by atoms with E-state index in [9.17, 15) is 9.90 Å². The van der Waals surface area contributed by atoms with Gasteiger partial charge < -0.3 is 10.4 Å². The number of amides is 1. The van der Waals surface area contributed by atoms with Gasteiger partial charge in [-0.05, 0) is 43.8 Å². The van der Waals surface area contributed by atoms with E-state index in [0.29, 0.717) is 5.92 Å². The van der Waals surface area contributed by atoms with Gasteiger partial charge in [0.25, 0.3) is 0 Å². The number of aliphatic hydroxyl groups is 1. The van der Waals surface area contributed by atoms with Crippen LogP contribution in [0.25, 0.3) is 0 Å². The van der Waals surface area contributed by atoms with Gasteiger partial charge in [0.05, 0.1) is 11.4 Å². The predicted octanol–water partition coefficient (Wildman–Crippen LogP) is 1.55. The van der Waals surface area contributed by atoms with Crippen molar-refractivity contribution in [2.24, 2.45) is 5.92 Å². The predicted molar refractivity (Wildman–Crippen MR) is 66.5 cm³/mol. The van der Waals surface area contributed by atoms with Crippen molar-refractivity contribution in [1.82, 2.24) is 5.32 Å². The van der Waals surface area contributed by atoms with Gasteiger partial charge >= 0.3 is 0 Å². The molecule has 92 valence electrons. The maximum absolute atomic E-state index is 11.8. The summed E-state index contributed by atoms with van der Waals surface area (Å²) in [5, 5.41) is 12.8. The highest BCUT2D eigenvalue weighted by atomic mass is 32.2. The molecule has 1 saturated carbocycles. The van der Waals surface area contributed by atoms with Crippen molar-refractivity contribution in [2.45, 2.75) is 49.9 Å². The molecule has 0 aromatic carbocycles. The van der Waals surface area contributed by atoms with Crippen molar-refractivity contribution in [2.75, 3.05) is 12.3 Å². The summed E-state index contributed by atoms with van der Waals surface area (Å²) in [6, 6.07) is 0. The van der Waals surface area contributed by atoms with Crippen molar-refractivity contribution >= 4 is 17.7 Å². The minimum Gasteiger partial charge on any atom is -0.393 e. The van der Waals surface area contributed by atoms with E-state index in [1.54, 1.807) is 11.8 Å². The molecular weight excluding hydrogens is 222 g/mol. The molecule has 3 atom stereocenters. The molecule has 1 aliphatic heterocycles. The van der Waals surface area contributed by atoms with Gasteiger partial charge in [0.15, 0.2) is 0 Å². The lowest BCUT2D eigenvalue weighted by atomic mass is 9.87. The molecule has 2 rings (SSSR count). The minimum absolute atomic E-state index is 0.142. The lowest BCUT2D eigenvalue weighted by Gasteiger charge is -2.26. The standard InChI is InChI=1S/C12H21NO2S/c14-10-4-1-3-9(7-10)8-13-12(15)11-5-2-6-16-11/h9-11,14H,1-8H2,(H,13,15). The van der Waals surface area contributed by atoms with Crippen LogP contribution in [-0.4, -0.2) is 34.7 Å². The summed E-state index contributed by atoms with van der Waals surface area (Å²) in [7, 11) is 0. The van der Waals surface area contributed by atoms with Gasteiger partial charge in [-0.2, -0.15) is 0 Å². The Morgan fingerprint density at radius 2 is 2.19 bits per heavy atom. The Bertz CT molecular complexity index is 241. The minimum atomic E-state index is -0.142. The van der Waals surface area contributed by atoms with Crippen LogP contribution in [0.1, 0.15) is 38.5 Å². The molecule has 2 N–H and O–H groups in total. The van der Waals surface area contributed by atoms with Crippen LogP contribution in [0.15, 0.2) is 0 Å². The Morgan fingerprint density at radius 1 is 1.31 bits per heavy atom. The van der Waals surface area contributed by atoms with Crippen LogP contribution >= 0.6 is 11.8 Å². The lowest BCUT2D eigenvalue weighted by Crippen LogP contribution is -2.37. The molecule has 0 aromatic heterocycles. The first-order chi connectivity index (χ1) is 7.75. The van der Waals surface area contributed by atoms with E-state index >= 15 is 0 Å². The summed E-state index contributed by atoms with van der Waals surface area (Å²) in [6.07, 6.45) is 6.10. The quantitative estimate of drug-likeness (QED) is 0.790. The zero-order valence-electron chi connectivity index (χ0n) is 9.65. The molecule has 0 aromatic rings. The van der Waals surface area contributed by atoms with Crippen LogP contribution in [-0.2, 0) is 4.79 Å². The van der Waals surface area contributed by atoms with Gasteiger partial charge in [-0.25, -0.2) is 0 Å². The number of carbonyl (C=O) groups is 1. The van der Waals surface area contributed by atoms with Crippen LogP contribution in [0, 0.1) is 5.92 Å². The summed E-state index contributed by atoms with van der Waals surface area (Å²) < 4.78 is 0. The zero-order valence-corrected chi connectivity index (χ0v) is 10.5. The van der Waals surface area contributed by atoms with Gasteiger partial charge in [-0.15, -0.1) is 11.8 Å². The Hall–Kier alpha value is -0.220. The third kappa shape index (κ3) is 3.39. The first-order valence-corrected chi connectivity index (χ1v) is 7.38. The van der Waals surface area contributed by atoms with Crippen molar-refractivity contribution in [3.63, 3.8) is 0 Å². The average Bonchev–Trinajstić information content (AvgIpc) is 2.79. The smallest absolute Gasteiger partial charge is 0.233 e. The number of hydrogen-bond donors (Lipinski definition) is 2. The van der Waals surface area contributed by atoms with Gasteiger partial charge in [0.2, 0.25) is 5.91 Å². The molecular formula is C12H21NO2S. The highest BCUT2D eigenvalue weighted by Crippen LogP contribution is 2.27. The highest BCUT2D eigenvalue weighted by Gasteiger charge is 2.25. The monoisotopic (exact) mass is 243 g/mol. The van der Waals surface area contributed by atoms with Gasteiger partial charge in [-0.3, -0.25) is 4.79 Å². The topological polar surface area (TPSA) is 49.3 Å². The highest BCUT2D eigenvalue weighted by molar-refractivity contribution is 8.00. The number of nitrogens with one attached hydrogen (secondary N) is 1. The molecule has 3 unspecified atom stereocenters. The molecule has 1 amide bonds. The van der Waals surface area contributed by atoms with Crippen LogP contribution < -0.4 is 5.32 Å². The Morgan fingerprint density at radius 3 is 2.88 bits per heavy atom. The van der Waals surface area contributed by atoms with Crippen LogP contribution in [0.4, 0.5) is 0 Å².